The van der Waals surface area contributed by atoms with Gasteiger partial charge in [0.15, 0.2) is 5.75 Å². The highest BCUT2D eigenvalue weighted by Crippen LogP contribution is 2.39. The van der Waals surface area contributed by atoms with E-state index in [-0.39, 0.29) is 30.5 Å². The lowest BCUT2D eigenvalue weighted by atomic mass is 10.2. The van der Waals surface area contributed by atoms with E-state index in [1.807, 2.05) is 0 Å². The molecule has 1 aromatic carbocycles. The van der Waals surface area contributed by atoms with Crippen molar-refractivity contribution in [2.24, 2.45) is 0 Å². The van der Waals surface area contributed by atoms with Crippen LogP contribution in [0.1, 0.15) is 6.92 Å². The number of carbonyl (C=O) groups is 1. The van der Waals surface area contributed by atoms with Crippen LogP contribution in [-0.4, -0.2) is 39.0 Å². The summed E-state index contributed by atoms with van der Waals surface area (Å²) in [7, 11) is -5.79. The first-order valence-corrected chi connectivity index (χ1v) is 7.78. The summed E-state index contributed by atoms with van der Waals surface area (Å²) in [5.41, 5.74) is -5.57. The Labute approximate surface area is 129 Å². The van der Waals surface area contributed by atoms with Gasteiger partial charge in [0.2, 0.25) is 5.91 Å². The molecule has 0 saturated carbocycles. The van der Waals surface area contributed by atoms with Crippen molar-refractivity contribution < 1.29 is 35.3 Å². The van der Waals surface area contributed by atoms with Crippen LogP contribution in [0.15, 0.2) is 18.2 Å². The van der Waals surface area contributed by atoms with Crippen LogP contribution in [0.25, 0.3) is 0 Å². The highest BCUT2D eigenvalue weighted by atomic mass is 32.2. The van der Waals surface area contributed by atoms with Gasteiger partial charge in [0.25, 0.3) is 0 Å². The second-order valence-electron chi connectivity index (χ2n) is 4.70. The van der Waals surface area contributed by atoms with Crippen LogP contribution in [0, 0.1) is 0 Å². The number of alkyl halides is 3. The molecule has 2 rings (SSSR count). The Morgan fingerprint density at radius 3 is 2.78 bits per heavy atom. The maximum atomic E-state index is 12.4. The molecule has 0 bridgehead atoms. The molecule has 0 spiro atoms. The molecule has 1 aromatic rings. The molecule has 1 aliphatic rings. The molecule has 1 atom stereocenters. The zero-order chi connectivity index (χ0) is 17.3. The SMILES string of the molecule is CC(=O)NCC1COc2cccc(OS(=O)(=O)C(F)(F)F)c2N1. The third-order valence-corrected chi connectivity index (χ3v) is 3.82. The monoisotopic (exact) mass is 354 g/mol. The van der Waals surface area contributed by atoms with Crippen molar-refractivity contribution in [1.29, 1.82) is 0 Å². The van der Waals surface area contributed by atoms with E-state index in [1.165, 1.54) is 19.1 Å². The van der Waals surface area contributed by atoms with Crippen molar-refractivity contribution in [2.45, 2.75) is 18.5 Å². The molecule has 128 valence electrons. The lowest BCUT2D eigenvalue weighted by molar-refractivity contribution is -0.119. The van der Waals surface area contributed by atoms with Gasteiger partial charge < -0.3 is 19.6 Å². The van der Waals surface area contributed by atoms with Gasteiger partial charge in [-0.25, -0.2) is 0 Å². The van der Waals surface area contributed by atoms with Gasteiger partial charge in [-0.3, -0.25) is 4.79 Å². The molecular formula is C12H13F3N2O5S. The van der Waals surface area contributed by atoms with Gasteiger partial charge in [0.1, 0.15) is 18.0 Å². The number of benzene rings is 1. The molecular weight excluding hydrogens is 341 g/mol. The van der Waals surface area contributed by atoms with Crippen molar-refractivity contribution >= 4 is 21.7 Å². The van der Waals surface area contributed by atoms with Crippen LogP contribution in [0.5, 0.6) is 11.5 Å². The summed E-state index contributed by atoms with van der Waals surface area (Å²) in [6, 6.07) is 3.36. The summed E-state index contributed by atoms with van der Waals surface area (Å²) in [6.45, 7) is 1.60. The highest BCUT2D eigenvalue weighted by Gasteiger charge is 2.49. The first kappa shape index (κ1) is 17.2. The summed E-state index contributed by atoms with van der Waals surface area (Å²) >= 11 is 0. The average Bonchev–Trinajstić information content (AvgIpc) is 2.44. The van der Waals surface area contributed by atoms with Gasteiger partial charge in [0.05, 0.1) is 6.04 Å². The zero-order valence-corrected chi connectivity index (χ0v) is 12.6. The van der Waals surface area contributed by atoms with Crippen LogP contribution >= 0.6 is 0 Å². The maximum Gasteiger partial charge on any atom is 0.534 e. The lowest BCUT2D eigenvalue weighted by Gasteiger charge is -2.28. The van der Waals surface area contributed by atoms with E-state index in [0.29, 0.717) is 0 Å². The average molecular weight is 354 g/mol. The number of hydrogen-bond acceptors (Lipinski definition) is 6. The molecule has 2 N–H and O–H groups in total. The molecule has 0 aromatic heterocycles. The molecule has 1 amide bonds. The van der Waals surface area contributed by atoms with E-state index in [0.717, 1.165) is 6.07 Å². The Morgan fingerprint density at radius 1 is 1.48 bits per heavy atom. The predicted octanol–water partition coefficient (Wildman–Crippen LogP) is 1.22. The number of anilines is 1. The number of amides is 1. The minimum absolute atomic E-state index is 0.0260. The number of rotatable bonds is 4. The van der Waals surface area contributed by atoms with Crippen LogP contribution in [0.4, 0.5) is 18.9 Å². The van der Waals surface area contributed by atoms with E-state index in [2.05, 4.69) is 14.8 Å². The van der Waals surface area contributed by atoms with Crippen LogP contribution in [-0.2, 0) is 14.9 Å². The second kappa shape index (κ2) is 6.14. The maximum absolute atomic E-state index is 12.4. The largest absolute Gasteiger partial charge is 0.534 e. The van der Waals surface area contributed by atoms with Gasteiger partial charge in [-0.15, -0.1) is 0 Å². The topological polar surface area (TPSA) is 93.7 Å². The van der Waals surface area contributed by atoms with Crippen LogP contribution in [0.2, 0.25) is 0 Å². The van der Waals surface area contributed by atoms with Gasteiger partial charge in [0, 0.05) is 13.5 Å². The highest BCUT2D eigenvalue weighted by molar-refractivity contribution is 7.88. The molecule has 0 aliphatic carbocycles. The molecule has 0 saturated heterocycles. The Hall–Kier alpha value is -2.17. The third kappa shape index (κ3) is 3.97. The Morgan fingerprint density at radius 2 is 2.17 bits per heavy atom. The Bertz CT molecular complexity index is 705. The predicted molar refractivity (Wildman–Crippen MR) is 73.6 cm³/mol. The summed E-state index contributed by atoms with van der Waals surface area (Å²) in [4.78, 5) is 10.9. The summed E-state index contributed by atoms with van der Waals surface area (Å²) in [5, 5.41) is 5.32. The third-order valence-electron chi connectivity index (χ3n) is 2.86. The number of hydrogen-bond donors (Lipinski definition) is 2. The molecule has 1 heterocycles. The lowest BCUT2D eigenvalue weighted by Crippen LogP contribution is -2.41. The molecule has 1 aliphatic heterocycles. The fourth-order valence-corrected chi connectivity index (χ4v) is 2.29. The minimum atomic E-state index is -5.79. The molecule has 7 nitrogen and oxygen atoms in total. The number of ether oxygens (including phenoxy) is 1. The molecule has 1 unspecified atom stereocenters. The molecule has 23 heavy (non-hydrogen) atoms. The Balaban J connectivity index is 2.23. The van der Waals surface area contributed by atoms with E-state index in [4.69, 9.17) is 4.74 Å². The fourth-order valence-electron chi connectivity index (χ4n) is 1.82. The van der Waals surface area contributed by atoms with E-state index < -0.39 is 27.4 Å². The molecule has 0 fully saturated rings. The van der Waals surface area contributed by atoms with E-state index in [1.54, 1.807) is 0 Å². The molecule has 0 radical (unpaired) electrons. The van der Waals surface area contributed by atoms with Crippen molar-refractivity contribution in [3.8, 4) is 11.5 Å². The quantitative estimate of drug-likeness (QED) is 0.624. The van der Waals surface area contributed by atoms with Gasteiger partial charge >= 0.3 is 15.6 Å². The molecule has 11 heteroatoms. The zero-order valence-electron chi connectivity index (χ0n) is 11.8. The smallest absolute Gasteiger partial charge is 0.489 e. The van der Waals surface area contributed by atoms with Crippen molar-refractivity contribution in [1.82, 2.24) is 5.32 Å². The summed E-state index contributed by atoms with van der Waals surface area (Å²) in [6.07, 6.45) is 0. The normalized spacial score (nSPS) is 17.5. The number of fused-ring (bicyclic) bond motifs is 1. The number of para-hydroxylation sites is 1. The van der Waals surface area contributed by atoms with Crippen molar-refractivity contribution in [2.75, 3.05) is 18.5 Å². The first-order valence-electron chi connectivity index (χ1n) is 6.37. The van der Waals surface area contributed by atoms with Crippen molar-refractivity contribution in [3.05, 3.63) is 18.2 Å². The summed E-state index contributed by atoms with van der Waals surface area (Å²) in [5.74, 6) is -0.673. The fraction of sp³-hybridized carbons (Fsp3) is 0.417. The van der Waals surface area contributed by atoms with Crippen LogP contribution in [0.3, 0.4) is 0 Å². The van der Waals surface area contributed by atoms with Crippen molar-refractivity contribution in [3.63, 3.8) is 0 Å². The minimum Gasteiger partial charge on any atom is -0.489 e. The number of carbonyl (C=O) groups excluding carboxylic acids is 1. The number of halogens is 3. The van der Waals surface area contributed by atoms with Gasteiger partial charge in [-0.1, -0.05) is 6.07 Å². The van der Waals surface area contributed by atoms with E-state index >= 15 is 0 Å². The standard InChI is InChI=1S/C12H13F3N2O5S/c1-7(18)16-5-8-6-21-9-3-2-4-10(11(9)17-8)22-23(19,20)12(13,14)15/h2-4,8,17H,5-6H2,1H3,(H,16,18). The van der Waals surface area contributed by atoms with Gasteiger partial charge in [-0.2, -0.15) is 21.6 Å². The van der Waals surface area contributed by atoms with E-state index in [9.17, 15) is 26.4 Å². The Kier molecular flexibility index (Phi) is 4.59. The van der Waals surface area contributed by atoms with Gasteiger partial charge in [-0.05, 0) is 12.1 Å². The van der Waals surface area contributed by atoms with Crippen LogP contribution < -0.4 is 19.6 Å². The summed E-state index contributed by atoms with van der Waals surface area (Å²) < 4.78 is 69.0. The second-order valence-corrected chi connectivity index (χ2v) is 6.24. The number of nitrogens with one attached hydrogen (secondary N) is 2. The first-order chi connectivity index (χ1) is 10.6.